The van der Waals surface area contributed by atoms with E-state index in [1.807, 2.05) is 6.33 Å². The molecule has 1 saturated heterocycles. The zero-order valence-electron chi connectivity index (χ0n) is 11.6. The molecule has 20 heavy (non-hydrogen) atoms. The van der Waals surface area contributed by atoms with Gasteiger partial charge in [0, 0.05) is 18.2 Å². The lowest BCUT2D eigenvalue weighted by Crippen LogP contribution is -2.33. The third kappa shape index (κ3) is 2.00. The summed E-state index contributed by atoms with van der Waals surface area (Å²) in [7, 11) is 2.17. The first-order valence-electron chi connectivity index (χ1n) is 7.31. The molecule has 2 aliphatic rings. The van der Waals surface area contributed by atoms with Gasteiger partial charge in [0.25, 0.3) is 0 Å². The Kier molecular flexibility index (Phi) is 2.93. The SMILES string of the molecule is CN1CCCC(n2cnc3c(C4CC4)c(Cl)nnc32)C1. The number of likely N-dealkylation sites (N-methyl/N-ethyl adjacent to an activating group) is 1. The van der Waals surface area contributed by atoms with Gasteiger partial charge in [0.2, 0.25) is 0 Å². The highest BCUT2D eigenvalue weighted by Gasteiger charge is 2.31. The van der Waals surface area contributed by atoms with E-state index in [0.717, 1.165) is 23.3 Å². The topological polar surface area (TPSA) is 46.8 Å². The molecule has 2 aromatic heterocycles. The molecule has 2 aromatic rings. The molecule has 1 unspecified atom stereocenters. The van der Waals surface area contributed by atoms with Crippen LogP contribution in [0.15, 0.2) is 6.33 Å². The molecule has 4 rings (SSSR count). The van der Waals surface area contributed by atoms with Crippen LogP contribution in [0.5, 0.6) is 0 Å². The standard InChI is InChI=1S/C14H18ClN5/c1-19-6-2-3-10(7-19)20-8-16-12-11(9-4-5-9)13(15)17-18-14(12)20/h8-10H,2-7H2,1H3. The smallest absolute Gasteiger partial charge is 0.183 e. The number of piperidine rings is 1. The van der Waals surface area contributed by atoms with Gasteiger partial charge in [0.1, 0.15) is 5.52 Å². The van der Waals surface area contributed by atoms with Crippen molar-refractivity contribution in [3.05, 3.63) is 17.0 Å². The lowest BCUT2D eigenvalue weighted by Gasteiger charge is -2.30. The molecule has 3 heterocycles. The largest absolute Gasteiger partial charge is 0.309 e. The third-order valence-corrected chi connectivity index (χ3v) is 4.74. The maximum absolute atomic E-state index is 6.23. The van der Waals surface area contributed by atoms with Crippen molar-refractivity contribution >= 4 is 22.8 Å². The van der Waals surface area contributed by atoms with E-state index in [2.05, 4.69) is 31.7 Å². The van der Waals surface area contributed by atoms with Crippen molar-refractivity contribution < 1.29 is 0 Å². The average molecular weight is 292 g/mol. The molecule has 0 amide bonds. The van der Waals surface area contributed by atoms with Crippen molar-refractivity contribution in [1.82, 2.24) is 24.6 Å². The van der Waals surface area contributed by atoms with E-state index in [0.29, 0.717) is 17.1 Å². The van der Waals surface area contributed by atoms with Crippen molar-refractivity contribution in [2.45, 2.75) is 37.6 Å². The van der Waals surface area contributed by atoms with E-state index < -0.39 is 0 Å². The maximum Gasteiger partial charge on any atom is 0.183 e. The van der Waals surface area contributed by atoms with Crippen LogP contribution in [-0.4, -0.2) is 44.8 Å². The van der Waals surface area contributed by atoms with Gasteiger partial charge in [0.15, 0.2) is 10.8 Å². The molecule has 1 atom stereocenters. The number of nitrogens with zero attached hydrogens (tertiary/aromatic N) is 5. The first-order chi connectivity index (χ1) is 9.74. The highest BCUT2D eigenvalue weighted by molar-refractivity contribution is 6.30. The Hall–Kier alpha value is -1.20. The van der Waals surface area contributed by atoms with Crippen LogP contribution < -0.4 is 0 Å². The van der Waals surface area contributed by atoms with Crippen molar-refractivity contribution in [3.8, 4) is 0 Å². The summed E-state index contributed by atoms with van der Waals surface area (Å²) in [6.07, 6.45) is 6.71. The predicted octanol–water partition coefficient (Wildman–Crippen LogP) is 2.62. The summed E-state index contributed by atoms with van der Waals surface area (Å²) in [6.45, 7) is 2.22. The first kappa shape index (κ1) is 12.5. The van der Waals surface area contributed by atoms with Gasteiger partial charge < -0.3 is 9.47 Å². The summed E-state index contributed by atoms with van der Waals surface area (Å²) in [5.74, 6) is 0.540. The second-order valence-electron chi connectivity index (χ2n) is 6.06. The Labute approximate surface area is 122 Å². The minimum atomic E-state index is 0.446. The van der Waals surface area contributed by atoms with E-state index in [-0.39, 0.29) is 0 Å². The minimum absolute atomic E-state index is 0.446. The monoisotopic (exact) mass is 291 g/mol. The van der Waals surface area contributed by atoms with Crippen LogP contribution in [0.25, 0.3) is 11.2 Å². The maximum atomic E-state index is 6.23. The van der Waals surface area contributed by atoms with E-state index >= 15 is 0 Å². The predicted molar refractivity (Wildman–Crippen MR) is 78.1 cm³/mol. The Morgan fingerprint density at radius 3 is 2.85 bits per heavy atom. The molecular formula is C14H18ClN5. The van der Waals surface area contributed by atoms with Crippen molar-refractivity contribution in [2.75, 3.05) is 20.1 Å². The number of hydrogen-bond acceptors (Lipinski definition) is 4. The normalized spacial score (nSPS) is 24.4. The molecule has 106 valence electrons. The number of rotatable bonds is 2. The molecule has 0 bridgehead atoms. The molecule has 0 N–H and O–H groups in total. The van der Waals surface area contributed by atoms with Crippen LogP contribution >= 0.6 is 11.6 Å². The minimum Gasteiger partial charge on any atom is -0.309 e. The van der Waals surface area contributed by atoms with Gasteiger partial charge in [-0.25, -0.2) is 4.98 Å². The van der Waals surface area contributed by atoms with E-state index in [4.69, 9.17) is 11.6 Å². The van der Waals surface area contributed by atoms with Gasteiger partial charge in [-0.1, -0.05) is 11.6 Å². The molecule has 0 radical (unpaired) electrons. The summed E-state index contributed by atoms with van der Waals surface area (Å²) in [5.41, 5.74) is 2.97. The second-order valence-corrected chi connectivity index (χ2v) is 6.42. The molecule has 6 heteroatoms. The van der Waals surface area contributed by atoms with E-state index in [9.17, 15) is 0 Å². The van der Waals surface area contributed by atoms with Crippen LogP contribution in [-0.2, 0) is 0 Å². The van der Waals surface area contributed by atoms with Gasteiger partial charge in [-0.2, -0.15) is 0 Å². The summed E-state index contributed by atoms with van der Waals surface area (Å²) in [4.78, 5) is 6.96. The van der Waals surface area contributed by atoms with Crippen LogP contribution in [0.2, 0.25) is 5.15 Å². The van der Waals surface area contributed by atoms with Crippen LogP contribution in [0.4, 0.5) is 0 Å². The Bertz CT molecular complexity index is 648. The fraction of sp³-hybridized carbons (Fsp3) is 0.643. The van der Waals surface area contributed by atoms with Crippen molar-refractivity contribution in [1.29, 1.82) is 0 Å². The quantitative estimate of drug-likeness (QED) is 0.853. The van der Waals surface area contributed by atoms with E-state index in [1.54, 1.807) is 0 Å². The van der Waals surface area contributed by atoms with E-state index in [1.165, 1.54) is 32.2 Å². The zero-order valence-corrected chi connectivity index (χ0v) is 12.3. The lowest BCUT2D eigenvalue weighted by atomic mass is 10.1. The molecule has 1 aliphatic heterocycles. The fourth-order valence-electron chi connectivity index (χ4n) is 3.25. The zero-order chi connectivity index (χ0) is 13.7. The van der Waals surface area contributed by atoms with Crippen molar-refractivity contribution in [3.63, 3.8) is 0 Å². The number of fused-ring (bicyclic) bond motifs is 1. The van der Waals surface area contributed by atoms with Gasteiger partial charge in [-0.15, -0.1) is 10.2 Å². The summed E-state index contributed by atoms with van der Waals surface area (Å²) in [5, 5.41) is 9.00. The van der Waals surface area contributed by atoms with Gasteiger partial charge in [-0.05, 0) is 45.2 Å². The number of hydrogen-bond donors (Lipinski definition) is 0. The molecular weight excluding hydrogens is 274 g/mol. The van der Waals surface area contributed by atoms with Gasteiger partial charge in [0.05, 0.1) is 6.33 Å². The Morgan fingerprint density at radius 1 is 1.25 bits per heavy atom. The highest BCUT2D eigenvalue weighted by atomic mass is 35.5. The number of likely N-dealkylation sites (tertiary alicyclic amines) is 1. The molecule has 1 aliphatic carbocycles. The molecule has 0 aromatic carbocycles. The van der Waals surface area contributed by atoms with Crippen LogP contribution in [0.3, 0.4) is 0 Å². The summed E-state index contributed by atoms with van der Waals surface area (Å²) < 4.78 is 2.19. The number of aromatic nitrogens is 4. The average Bonchev–Trinajstić information content (AvgIpc) is 3.17. The van der Waals surface area contributed by atoms with Crippen LogP contribution in [0.1, 0.15) is 43.2 Å². The van der Waals surface area contributed by atoms with Crippen molar-refractivity contribution in [2.24, 2.45) is 0 Å². The highest BCUT2D eigenvalue weighted by Crippen LogP contribution is 2.45. The number of imidazole rings is 1. The molecule has 1 saturated carbocycles. The lowest BCUT2D eigenvalue weighted by molar-refractivity contribution is 0.214. The van der Waals surface area contributed by atoms with Gasteiger partial charge >= 0.3 is 0 Å². The second kappa shape index (κ2) is 4.67. The Morgan fingerprint density at radius 2 is 2.10 bits per heavy atom. The van der Waals surface area contributed by atoms with Gasteiger partial charge in [-0.3, -0.25) is 0 Å². The molecule has 5 nitrogen and oxygen atoms in total. The Balaban J connectivity index is 1.79. The summed E-state index contributed by atoms with van der Waals surface area (Å²) in [6, 6.07) is 0.446. The summed E-state index contributed by atoms with van der Waals surface area (Å²) >= 11 is 6.23. The third-order valence-electron chi connectivity index (χ3n) is 4.46. The van der Waals surface area contributed by atoms with Crippen LogP contribution in [0, 0.1) is 0 Å². The molecule has 0 spiro atoms. The number of halogens is 1. The fourth-order valence-corrected chi connectivity index (χ4v) is 3.54. The molecule has 2 fully saturated rings. The first-order valence-corrected chi connectivity index (χ1v) is 7.69.